The summed E-state index contributed by atoms with van der Waals surface area (Å²) in [4.78, 5) is 29.0. The Bertz CT molecular complexity index is 1090. The molecule has 0 aromatic heterocycles. The SMILES string of the molecule is CCCCC(CC)Cc1cc2c(cc1CC(CC)CCCC)C(=O)c1cc(CC(CC)CCCC)c(CC(CC)CCCC)cc1C2=O. The van der Waals surface area contributed by atoms with Crippen molar-refractivity contribution in [2.45, 2.75) is 184 Å². The summed E-state index contributed by atoms with van der Waals surface area (Å²) in [5.74, 6) is 2.59. The standard InChI is InChI=1S/C46H72O2/c1-9-17-21-33(13-5)25-37-29-41-42(30-38(37)26-34(14-6)22-18-10-2)46(48)44-32-40(28-36(16-8)24-20-12-4)39(31-43(44)45(41)47)27-35(15-7)23-19-11-3/h29-36H,9-28H2,1-8H3. The molecule has 0 fully saturated rings. The Morgan fingerprint density at radius 1 is 0.375 bits per heavy atom. The molecule has 0 N–H and O–H groups in total. The Kier molecular flexibility index (Phi) is 17.7. The van der Waals surface area contributed by atoms with Crippen LogP contribution in [-0.2, 0) is 25.7 Å². The third-order valence-electron chi connectivity index (χ3n) is 11.9. The van der Waals surface area contributed by atoms with E-state index in [0.717, 1.165) is 51.4 Å². The molecule has 4 atom stereocenters. The minimum Gasteiger partial charge on any atom is -0.289 e. The maximum atomic E-state index is 14.5. The van der Waals surface area contributed by atoms with Gasteiger partial charge >= 0.3 is 0 Å². The number of benzene rings is 2. The summed E-state index contributed by atoms with van der Waals surface area (Å²) < 4.78 is 0. The minimum absolute atomic E-state index is 0.0689. The van der Waals surface area contributed by atoms with Crippen LogP contribution < -0.4 is 0 Å². The lowest BCUT2D eigenvalue weighted by atomic mass is 9.76. The zero-order valence-corrected chi connectivity index (χ0v) is 32.6. The smallest absolute Gasteiger partial charge is 0.194 e. The fourth-order valence-corrected chi connectivity index (χ4v) is 8.20. The Hall–Kier alpha value is -2.22. The monoisotopic (exact) mass is 657 g/mol. The van der Waals surface area contributed by atoms with Crippen molar-refractivity contribution in [3.8, 4) is 0 Å². The van der Waals surface area contributed by atoms with Gasteiger partial charge in [0.25, 0.3) is 0 Å². The van der Waals surface area contributed by atoms with Crippen molar-refractivity contribution in [3.63, 3.8) is 0 Å². The van der Waals surface area contributed by atoms with Crippen molar-refractivity contribution in [2.75, 3.05) is 0 Å². The summed E-state index contributed by atoms with van der Waals surface area (Å²) in [5.41, 5.74) is 7.91. The average molecular weight is 657 g/mol. The molecule has 2 aromatic rings. The zero-order valence-electron chi connectivity index (χ0n) is 32.6. The fraction of sp³-hybridized carbons (Fsp3) is 0.696. The third kappa shape index (κ3) is 10.9. The highest BCUT2D eigenvalue weighted by Crippen LogP contribution is 2.36. The molecule has 2 aromatic carbocycles. The lowest BCUT2D eigenvalue weighted by molar-refractivity contribution is 0.0978. The highest BCUT2D eigenvalue weighted by Gasteiger charge is 2.33. The number of ketones is 2. The molecule has 0 aliphatic heterocycles. The van der Waals surface area contributed by atoms with E-state index < -0.39 is 0 Å². The topological polar surface area (TPSA) is 34.1 Å². The first-order valence-electron chi connectivity index (χ1n) is 20.7. The molecule has 0 spiro atoms. The van der Waals surface area contributed by atoms with Gasteiger partial charge in [0.2, 0.25) is 0 Å². The maximum Gasteiger partial charge on any atom is 0.194 e. The molecule has 0 saturated heterocycles. The molecule has 0 bridgehead atoms. The Balaban J connectivity index is 2.14. The van der Waals surface area contributed by atoms with Crippen LogP contribution in [-0.4, -0.2) is 11.6 Å². The van der Waals surface area contributed by atoms with E-state index in [2.05, 4.69) is 79.7 Å². The van der Waals surface area contributed by atoms with Gasteiger partial charge in [-0.2, -0.15) is 0 Å². The van der Waals surface area contributed by atoms with Crippen molar-refractivity contribution in [1.82, 2.24) is 0 Å². The summed E-state index contributed by atoms with van der Waals surface area (Å²) in [6, 6.07) is 8.71. The van der Waals surface area contributed by atoms with Crippen LogP contribution in [0.2, 0.25) is 0 Å². The summed E-state index contributed by atoms with van der Waals surface area (Å²) in [5, 5.41) is 0. The van der Waals surface area contributed by atoms with Crippen molar-refractivity contribution in [1.29, 1.82) is 0 Å². The number of fused-ring (bicyclic) bond motifs is 2. The van der Waals surface area contributed by atoms with E-state index >= 15 is 0 Å². The first kappa shape index (κ1) is 40.2. The first-order chi connectivity index (χ1) is 23.3. The number of carbonyl (C=O) groups excluding carboxylic acids is 2. The molecule has 0 heterocycles. The molecule has 3 rings (SSSR count). The molecule has 0 amide bonds. The van der Waals surface area contributed by atoms with Crippen LogP contribution in [0.25, 0.3) is 0 Å². The van der Waals surface area contributed by atoms with Crippen LogP contribution in [0.3, 0.4) is 0 Å². The van der Waals surface area contributed by atoms with Crippen LogP contribution in [0.15, 0.2) is 24.3 Å². The van der Waals surface area contributed by atoms with Crippen molar-refractivity contribution in [2.24, 2.45) is 23.7 Å². The van der Waals surface area contributed by atoms with Gasteiger partial charge in [-0.15, -0.1) is 0 Å². The number of carbonyl (C=O) groups is 2. The normalized spacial score (nSPS) is 15.2. The molecule has 48 heavy (non-hydrogen) atoms. The van der Waals surface area contributed by atoms with Gasteiger partial charge in [-0.1, -0.05) is 158 Å². The molecular formula is C46H72O2. The lowest BCUT2D eigenvalue weighted by Crippen LogP contribution is -2.24. The van der Waals surface area contributed by atoms with Crippen molar-refractivity contribution >= 4 is 11.6 Å². The molecule has 1 aliphatic rings. The molecule has 0 radical (unpaired) electrons. The van der Waals surface area contributed by atoms with Gasteiger partial charge in [-0.3, -0.25) is 9.59 Å². The second-order valence-electron chi connectivity index (χ2n) is 15.5. The van der Waals surface area contributed by atoms with E-state index in [9.17, 15) is 9.59 Å². The predicted molar refractivity (Wildman–Crippen MR) is 208 cm³/mol. The van der Waals surface area contributed by atoms with Crippen molar-refractivity contribution < 1.29 is 9.59 Å². The highest BCUT2D eigenvalue weighted by molar-refractivity contribution is 6.28. The van der Waals surface area contributed by atoms with Crippen LogP contribution in [0.5, 0.6) is 0 Å². The van der Waals surface area contributed by atoms with Gasteiger partial charge in [-0.05, 0) is 95.9 Å². The second-order valence-corrected chi connectivity index (χ2v) is 15.5. The van der Waals surface area contributed by atoms with E-state index in [1.165, 1.54) is 99.3 Å². The molecular weight excluding hydrogens is 585 g/mol. The Labute approximate surface area is 296 Å². The molecule has 4 unspecified atom stereocenters. The predicted octanol–water partition coefficient (Wildman–Crippen LogP) is 13.5. The van der Waals surface area contributed by atoms with Gasteiger partial charge in [0, 0.05) is 22.3 Å². The van der Waals surface area contributed by atoms with Crippen LogP contribution in [0.4, 0.5) is 0 Å². The van der Waals surface area contributed by atoms with Crippen LogP contribution in [0, 0.1) is 23.7 Å². The third-order valence-corrected chi connectivity index (χ3v) is 11.9. The Morgan fingerprint density at radius 3 is 0.750 bits per heavy atom. The quantitative estimate of drug-likeness (QED) is 0.0961. The summed E-state index contributed by atoms with van der Waals surface area (Å²) in [7, 11) is 0. The Morgan fingerprint density at radius 2 is 0.583 bits per heavy atom. The highest BCUT2D eigenvalue weighted by atomic mass is 16.1. The molecule has 2 nitrogen and oxygen atoms in total. The summed E-state index contributed by atoms with van der Waals surface area (Å²) in [6.07, 6.45) is 23.4. The zero-order chi connectivity index (χ0) is 35.1. The molecule has 268 valence electrons. The molecule has 2 heteroatoms. The van der Waals surface area contributed by atoms with Gasteiger partial charge in [-0.25, -0.2) is 0 Å². The van der Waals surface area contributed by atoms with E-state index in [1.54, 1.807) is 0 Å². The largest absolute Gasteiger partial charge is 0.289 e. The van der Waals surface area contributed by atoms with E-state index in [-0.39, 0.29) is 11.6 Å². The van der Waals surface area contributed by atoms with Gasteiger partial charge in [0.05, 0.1) is 0 Å². The second kappa shape index (κ2) is 21.1. The van der Waals surface area contributed by atoms with Gasteiger partial charge in [0.1, 0.15) is 0 Å². The van der Waals surface area contributed by atoms with E-state index in [4.69, 9.17) is 0 Å². The minimum atomic E-state index is 0.0689. The number of unbranched alkanes of at least 4 members (excludes halogenated alkanes) is 4. The van der Waals surface area contributed by atoms with Gasteiger partial charge < -0.3 is 0 Å². The van der Waals surface area contributed by atoms with E-state index in [1.807, 2.05) is 0 Å². The van der Waals surface area contributed by atoms with Crippen LogP contribution in [0.1, 0.15) is 212 Å². The van der Waals surface area contributed by atoms with E-state index in [0.29, 0.717) is 45.9 Å². The molecule has 1 aliphatic carbocycles. The fourth-order valence-electron chi connectivity index (χ4n) is 8.20. The number of rotatable bonds is 24. The lowest BCUT2D eigenvalue weighted by Gasteiger charge is -2.27. The number of hydrogen-bond donors (Lipinski definition) is 0. The summed E-state index contributed by atoms with van der Waals surface area (Å²) in [6.45, 7) is 18.4. The van der Waals surface area contributed by atoms with Crippen LogP contribution >= 0.6 is 0 Å². The maximum absolute atomic E-state index is 14.5. The first-order valence-corrected chi connectivity index (χ1v) is 20.7. The number of hydrogen-bond acceptors (Lipinski definition) is 2. The van der Waals surface area contributed by atoms with Gasteiger partial charge in [0.15, 0.2) is 11.6 Å². The summed E-state index contributed by atoms with van der Waals surface area (Å²) >= 11 is 0. The molecule has 0 saturated carbocycles. The average Bonchev–Trinajstić information content (AvgIpc) is 3.11. The van der Waals surface area contributed by atoms with Crippen molar-refractivity contribution in [3.05, 3.63) is 68.8 Å².